The second kappa shape index (κ2) is 6.12. The van der Waals surface area contributed by atoms with Crippen LogP contribution < -0.4 is 0 Å². The first-order valence-corrected chi connectivity index (χ1v) is 10.9. The van der Waals surface area contributed by atoms with E-state index in [1.807, 2.05) is 0 Å². The van der Waals surface area contributed by atoms with Crippen molar-refractivity contribution in [1.82, 2.24) is 0 Å². The van der Waals surface area contributed by atoms with Crippen LogP contribution in [-0.4, -0.2) is 22.3 Å². The average Bonchev–Trinajstić information content (AvgIpc) is 2.90. The second-order valence-corrected chi connectivity index (χ2v) is 9.74. The van der Waals surface area contributed by atoms with Crippen molar-refractivity contribution in [2.75, 3.05) is 5.33 Å². The summed E-state index contributed by atoms with van der Waals surface area (Å²) in [4.78, 5) is 12.4. The van der Waals surface area contributed by atoms with Crippen LogP contribution in [-0.2, 0) is 4.79 Å². The third-order valence-corrected chi connectivity index (χ3v) is 9.00. The molecule has 2 nitrogen and oxygen atoms in total. The Kier molecular flexibility index (Phi) is 4.41. The van der Waals surface area contributed by atoms with Gasteiger partial charge in [0.25, 0.3) is 0 Å². The normalized spacial score (nSPS) is 52.4. The lowest BCUT2D eigenvalue weighted by atomic mass is 9.49. The highest BCUT2D eigenvalue weighted by Gasteiger charge is 2.58. The number of carbonyl (C=O) groups is 1. The number of aliphatic hydroxyl groups excluding tert-OH is 1. The Bertz CT molecular complexity index is 478. The minimum Gasteiger partial charge on any atom is -0.393 e. The van der Waals surface area contributed by atoms with Crippen LogP contribution >= 0.6 is 15.9 Å². The summed E-state index contributed by atoms with van der Waals surface area (Å²) in [6.07, 6.45) is 11.0. The van der Waals surface area contributed by atoms with Crippen molar-refractivity contribution >= 4 is 21.7 Å². The Balaban J connectivity index is 1.55. The molecule has 1 N–H and O–H groups in total. The number of rotatable bonds is 2. The Hall–Kier alpha value is 0.110. The van der Waals surface area contributed by atoms with E-state index in [9.17, 15) is 9.90 Å². The molecule has 4 fully saturated rings. The standard InChI is InChI=1S/C20H31BrO2/c1-20-9-8-15-14-5-3-13(22)10-12(14)2-4-16(15)17(20)6-7-18(20)19(23)11-21/h12-18,22H,2-11H2,1H3. The summed E-state index contributed by atoms with van der Waals surface area (Å²) in [5.41, 5.74) is 0.271. The lowest BCUT2D eigenvalue weighted by Gasteiger charge is -2.56. The van der Waals surface area contributed by atoms with Crippen LogP contribution in [0.5, 0.6) is 0 Å². The highest BCUT2D eigenvalue weighted by Crippen LogP contribution is 2.64. The SMILES string of the molecule is CC12CCC3C4CCC(O)CC4CCC3C1CCC2C(=O)CBr. The molecule has 4 aliphatic rings. The van der Waals surface area contributed by atoms with Gasteiger partial charge in [-0.3, -0.25) is 4.79 Å². The monoisotopic (exact) mass is 382 g/mol. The molecular formula is C20H31BrO2. The molecular weight excluding hydrogens is 352 g/mol. The Morgan fingerprint density at radius 2 is 1.83 bits per heavy atom. The van der Waals surface area contributed by atoms with Crippen LogP contribution in [0.3, 0.4) is 0 Å². The van der Waals surface area contributed by atoms with Crippen LogP contribution in [0.1, 0.15) is 64.7 Å². The molecule has 8 atom stereocenters. The maximum absolute atomic E-state index is 12.4. The number of Topliss-reactive ketones (excluding diaryl/α,β-unsaturated/α-hetero) is 1. The van der Waals surface area contributed by atoms with Crippen LogP contribution in [0, 0.1) is 40.9 Å². The predicted molar refractivity (Wildman–Crippen MR) is 95.4 cm³/mol. The first-order chi connectivity index (χ1) is 11.0. The molecule has 0 aliphatic heterocycles. The lowest BCUT2D eigenvalue weighted by molar-refractivity contribution is -0.128. The first-order valence-electron chi connectivity index (χ1n) is 9.81. The molecule has 23 heavy (non-hydrogen) atoms. The number of alkyl halides is 1. The zero-order valence-corrected chi connectivity index (χ0v) is 15.9. The number of hydrogen-bond donors (Lipinski definition) is 1. The van der Waals surface area contributed by atoms with Crippen molar-refractivity contribution in [3.8, 4) is 0 Å². The molecule has 0 aromatic heterocycles. The van der Waals surface area contributed by atoms with E-state index < -0.39 is 0 Å². The molecule has 4 saturated carbocycles. The zero-order valence-electron chi connectivity index (χ0n) is 14.3. The number of halogens is 1. The van der Waals surface area contributed by atoms with Gasteiger partial charge in [0.2, 0.25) is 0 Å². The fraction of sp³-hybridized carbons (Fsp3) is 0.950. The molecule has 0 bridgehead atoms. The third-order valence-electron chi connectivity index (χ3n) is 8.45. The number of fused-ring (bicyclic) bond motifs is 5. The fourth-order valence-electron chi connectivity index (χ4n) is 7.45. The molecule has 0 aromatic rings. The van der Waals surface area contributed by atoms with Crippen molar-refractivity contribution < 1.29 is 9.90 Å². The summed E-state index contributed by atoms with van der Waals surface area (Å²) >= 11 is 3.41. The minimum absolute atomic E-state index is 0.0333. The lowest BCUT2D eigenvalue weighted by Crippen LogP contribution is -2.49. The van der Waals surface area contributed by atoms with E-state index in [2.05, 4.69) is 22.9 Å². The van der Waals surface area contributed by atoms with E-state index >= 15 is 0 Å². The van der Waals surface area contributed by atoms with Crippen molar-refractivity contribution in [3.63, 3.8) is 0 Å². The fourth-order valence-corrected chi connectivity index (χ4v) is 7.84. The van der Waals surface area contributed by atoms with Gasteiger partial charge >= 0.3 is 0 Å². The van der Waals surface area contributed by atoms with E-state index in [1.165, 1.54) is 38.5 Å². The molecule has 0 radical (unpaired) electrons. The van der Waals surface area contributed by atoms with Gasteiger partial charge in [0.15, 0.2) is 0 Å². The Labute approximate surface area is 148 Å². The highest BCUT2D eigenvalue weighted by molar-refractivity contribution is 9.09. The number of aliphatic hydroxyl groups is 1. The van der Waals surface area contributed by atoms with Gasteiger partial charge < -0.3 is 5.11 Å². The maximum Gasteiger partial charge on any atom is 0.147 e. The van der Waals surface area contributed by atoms with E-state index in [4.69, 9.17) is 0 Å². The van der Waals surface area contributed by atoms with Gasteiger partial charge in [-0.1, -0.05) is 22.9 Å². The summed E-state index contributed by atoms with van der Waals surface area (Å²) in [6, 6.07) is 0. The number of ketones is 1. The van der Waals surface area contributed by atoms with Gasteiger partial charge in [-0.15, -0.1) is 0 Å². The molecule has 0 amide bonds. The summed E-state index contributed by atoms with van der Waals surface area (Å²) in [6.45, 7) is 2.43. The molecule has 0 saturated heterocycles. The third kappa shape index (κ3) is 2.56. The van der Waals surface area contributed by atoms with Crippen LogP contribution in [0.15, 0.2) is 0 Å². The van der Waals surface area contributed by atoms with E-state index in [0.29, 0.717) is 17.0 Å². The maximum atomic E-state index is 12.4. The Morgan fingerprint density at radius 1 is 1.04 bits per heavy atom. The molecule has 130 valence electrons. The quantitative estimate of drug-likeness (QED) is 0.709. The van der Waals surface area contributed by atoms with Gasteiger partial charge in [0, 0.05) is 5.92 Å². The summed E-state index contributed by atoms with van der Waals surface area (Å²) < 4.78 is 0. The van der Waals surface area contributed by atoms with Crippen LogP contribution in [0.25, 0.3) is 0 Å². The van der Waals surface area contributed by atoms with Gasteiger partial charge in [-0.05, 0) is 92.8 Å². The van der Waals surface area contributed by atoms with E-state index in [1.54, 1.807) is 0 Å². The van der Waals surface area contributed by atoms with Crippen LogP contribution in [0.4, 0.5) is 0 Å². The summed E-state index contributed by atoms with van der Waals surface area (Å²) in [5.74, 6) is 4.93. The summed E-state index contributed by atoms with van der Waals surface area (Å²) in [7, 11) is 0. The average molecular weight is 383 g/mol. The first kappa shape index (κ1) is 16.6. The van der Waals surface area contributed by atoms with E-state index in [-0.39, 0.29) is 11.5 Å². The van der Waals surface area contributed by atoms with Gasteiger partial charge in [-0.2, -0.15) is 0 Å². The topological polar surface area (TPSA) is 37.3 Å². The van der Waals surface area contributed by atoms with E-state index in [0.717, 1.165) is 48.9 Å². The second-order valence-electron chi connectivity index (χ2n) is 9.18. The van der Waals surface area contributed by atoms with Crippen molar-refractivity contribution in [2.45, 2.75) is 70.8 Å². The van der Waals surface area contributed by atoms with Gasteiger partial charge in [0.05, 0.1) is 11.4 Å². The molecule has 8 unspecified atom stereocenters. The van der Waals surface area contributed by atoms with Crippen LogP contribution in [0.2, 0.25) is 0 Å². The van der Waals surface area contributed by atoms with Gasteiger partial charge in [-0.25, -0.2) is 0 Å². The van der Waals surface area contributed by atoms with Crippen molar-refractivity contribution in [3.05, 3.63) is 0 Å². The zero-order chi connectivity index (χ0) is 16.2. The molecule has 4 rings (SSSR count). The highest BCUT2D eigenvalue weighted by atomic mass is 79.9. The Morgan fingerprint density at radius 3 is 2.61 bits per heavy atom. The smallest absolute Gasteiger partial charge is 0.147 e. The largest absolute Gasteiger partial charge is 0.393 e. The summed E-state index contributed by atoms with van der Waals surface area (Å²) in [5, 5.41) is 10.6. The molecule has 0 heterocycles. The molecule has 4 aliphatic carbocycles. The number of carbonyl (C=O) groups excluding carboxylic acids is 1. The van der Waals surface area contributed by atoms with Crippen molar-refractivity contribution in [1.29, 1.82) is 0 Å². The van der Waals surface area contributed by atoms with Gasteiger partial charge in [0.1, 0.15) is 5.78 Å². The van der Waals surface area contributed by atoms with Crippen molar-refractivity contribution in [2.24, 2.45) is 40.9 Å². The number of hydrogen-bond acceptors (Lipinski definition) is 2. The molecule has 0 spiro atoms. The molecule has 3 heteroatoms. The predicted octanol–water partition coefficient (Wildman–Crippen LogP) is 4.58. The minimum atomic E-state index is -0.0333. The molecule has 0 aromatic carbocycles.